The van der Waals surface area contributed by atoms with Gasteiger partial charge in [-0.05, 0) is 28.8 Å². The van der Waals surface area contributed by atoms with Crippen LogP contribution in [0.2, 0.25) is 5.02 Å². The van der Waals surface area contributed by atoms with Gasteiger partial charge in [-0.1, -0.05) is 48.0 Å². The predicted octanol–water partition coefficient (Wildman–Crippen LogP) is 4.00. The zero-order valence-corrected chi connectivity index (χ0v) is 10.2. The van der Waals surface area contributed by atoms with Crippen molar-refractivity contribution < 1.29 is 4.74 Å². The fourth-order valence-corrected chi connectivity index (χ4v) is 2.54. The number of hydrogen-bond acceptors (Lipinski definition) is 1. The van der Waals surface area contributed by atoms with E-state index in [4.69, 9.17) is 16.3 Å². The second kappa shape index (κ2) is 4.52. The maximum atomic E-state index is 6.09. The van der Waals surface area contributed by atoms with E-state index in [1.54, 1.807) is 0 Å². The Hall–Kier alpha value is -1.31. The van der Waals surface area contributed by atoms with Gasteiger partial charge in [0.05, 0.1) is 13.2 Å². The lowest BCUT2D eigenvalue weighted by atomic mass is 9.87. The van der Waals surface area contributed by atoms with Gasteiger partial charge in [0.15, 0.2) is 0 Å². The summed E-state index contributed by atoms with van der Waals surface area (Å²) in [5.74, 6) is 0.304. The van der Waals surface area contributed by atoms with Crippen LogP contribution < -0.4 is 0 Å². The first-order chi connectivity index (χ1) is 8.34. The molecule has 2 aromatic rings. The molecule has 2 aromatic carbocycles. The molecule has 0 fully saturated rings. The Kier molecular flexibility index (Phi) is 2.87. The number of halogens is 1. The normalized spacial score (nSPS) is 18.8. The van der Waals surface area contributed by atoms with Gasteiger partial charge in [-0.3, -0.25) is 0 Å². The molecule has 0 amide bonds. The molecule has 3 rings (SSSR count). The van der Waals surface area contributed by atoms with Gasteiger partial charge < -0.3 is 4.74 Å². The van der Waals surface area contributed by atoms with Crippen LogP contribution in [0, 0.1) is 0 Å². The van der Waals surface area contributed by atoms with Crippen LogP contribution >= 0.6 is 11.6 Å². The Morgan fingerprint density at radius 1 is 1.06 bits per heavy atom. The number of ether oxygens (including phenoxy) is 1. The third-order valence-electron chi connectivity index (χ3n) is 3.23. The molecule has 17 heavy (non-hydrogen) atoms. The minimum Gasteiger partial charge on any atom is -0.376 e. The molecule has 0 spiro atoms. The average Bonchev–Trinajstić information content (AvgIpc) is 2.39. The highest BCUT2D eigenvalue weighted by Gasteiger charge is 2.22. The molecule has 2 heteroatoms. The predicted molar refractivity (Wildman–Crippen MR) is 69.4 cm³/mol. The van der Waals surface area contributed by atoms with E-state index in [0.29, 0.717) is 12.5 Å². The van der Waals surface area contributed by atoms with Gasteiger partial charge in [0, 0.05) is 10.9 Å². The molecule has 0 N–H and O–H groups in total. The average molecular weight is 245 g/mol. The summed E-state index contributed by atoms with van der Waals surface area (Å²) in [4.78, 5) is 0. The Morgan fingerprint density at radius 3 is 2.71 bits per heavy atom. The number of rotatable bonds is 1. The fourth-order valence-electron chi connectivity index (χ4n) is 2.36. The highest BCUT2D eigenvalue weighted by atomic mass is 35.5. The summed E-state index contributed by atoms with van der Waals surface area (Å²) < 4.78 is 5.66. The molecule has 1 aliphatic rings. The second-order valence-electron chi connectivity index (χ2n) is 4.32. The summed E-state index contributed by atoms with van der Waals surface area (Å²) in [6.07, 6.45) is 0. The summed E-state index contributed by atoms with van der Waals surface area (Å²) in [7, 11) is 0. The molecule has 0 saturated heterocycles. The van der Waals surface area contributed by atoms with Crippen molar-refractivity contribution in [1.82, 2.24) is 0 Å². The zero-order chi connectivity index (χ0) is 11.7. The lowest BCUT2D eigenvalue weighted by molar-refractivity contribution is 0.0994. The SMILES string of the molecule is Clc1ccc2c(c1)C(c1ccccc1)COC2. The standard InChI is InChI=1S/C15H13ClO/c16-13-7-6-12-9-17-10-15(14(12)8-13)11-4-2-1-3-5-11/h1-8,15H,9-10H2. The first kappa shape index (κ1) is 10.8. The van der Waals surface area contributed by atoms with Crippen molar-refractivity contribution in [2.75, 3.05) is 6.61 Å². The van der Waals surface area contributed by atoms with Crippen molar-refractivity contribution in [3.8, 4) is 0 Å². The molecule has 1 nitrogen and oxygen atoms in total. The van der Waals surface area contributed by atoms with Crippen LogP contribution in [0.5, 0.6) is 0 Å². The molecule has 1 heterocycles. The topological polar surface area (TPSA) is 9.23 Å². The van der Waals surface area contributed by atoms with Gasteiger partial charge >= 0.3 is 0 Å². The van der Waals surface area contributed by atoms with E-state index in [9.17, 15) is 0 Å². The van der Waals surface area contributed by atoms with Crippen molar-refractivity contribution in [2.24, 2.45) is 0 Å². The van der Waals surface area contributed by atoms with Gasteiger partial charge in [0.1, 0.15) is 0 Å². The minimum atomic E-state index is 0.304. The van der Waals surface area contributed by atoms with Gasteiger partial charge in [-0.25, -0.2) is 0 Å². The monoisotopic (exact) mass is 244 g/mol. The minimum absolute atomic E-state index is 0.304. The number of benzene rings is 2. The molecule has 0 saturated carbocycles. The molecule has 86 valence electrons. The van der Waals surface area contributed by atoms with Gasteiger partial charge in [-0.15, -0.1) is 0 Å². The largest absolute Gasteiger partial charge is 0.376 e. The van der Waals surface area contributed by atoms with Crippen LogP contribution in [-0.4, -0.2) is 6.61 Å². The van der Waals surface area contributed by atoms with Crippen molar-refractivity contribution in [3.63, 3.8) is 0 Å². The summed E-state index contributed by atoms with van der Waals surface area (Å²) >= 11 is 6.09. The van der Waals surface area contributed by atoms with Gasteiger partial charge in [0.2, 0.25) is 0 Å². The quantitative estimate of drug-likeness (QED) is 0.737. The lowest BCUT2D eigenvalue weighted by Gasteiger charge is -2.26. The highest BCUT2D eigenvalue weighted by molar-refractivity contribution is 6.30. The first-order valence-electron chi connectivity index (χ1n) is 5.75. The third-order valence-corrected chi connectivity index (χ3v) is 3.46. The van der Waals surface area contributed by atoms with Crippen LogP contribution in [0.3, 0.4) is 0 Å². The van der Waals surface area contributed by atoms with E-state index in [-0.39, 0.29) is 0 Å². The molecule has 1 aliphatic heterocycles. The molecule has 0 bridgehead atoms. The molecular formula is C15H13ClO. The maximum Gasteiger partial charge on any atom is 0.0720 e. The van der Waals surface area contributed by atoms with E-state index in [1.165, 1.54) is 16.7 Å². The Morgan fingerprint density at radius 2 is 1.88 bits per heavy atom. The number of hydrogen-bond donors (Lipinski definition) is 0. The molecule has 1 unspecified atom stereocenters. The first-order valence-corrected chi connectivity index (χ1v) is 6.13. The molecule has 0 aromatic heterocycles. The molecular weight excluding hydrogens is 232 g/mol. The summed E-state index contributed by atoms with van der Waals surface area (Å²) in [6, 6.07) is 16.5. The van der Waals surface area contributed by atoms with Gasteiger partial charge in [-0.2, -0.15) is 0 Å². The smallest absolute Gasteiger partial charge is 0.0720 e. The van der Waals surface area contributed by atoms with Crippen molar-refractivity contribution >= 4 is 11.6 Å². The van der Waals surface area contributed by atoms with Gasteiger partial charge in [0.25, 0.3) is 0 Å². The van der Waals surface area contributed by atoms with Crippen molar-refractivity contribution in [3.05, 3.63) is 70.2 Å². The van der Waals surface area contributed by atoms with E-state index in [2.05, 4.69) is 36.4 Å². The van der Waals surface area contributed by atoms with E-state index >= 15 is 0 Å². The molecule has 0 radical (unpaired) electrons. The van der Waals surface area contributed by atoms with E-state index < -0.39 is 0 Å². The lowest BCUT2D eigenvalue weighted by Crippen LogP contribution is -2.17. The van der Waals surface area contributed by atoms with E-state index in [0.717, 1.165) is 11.6 Å². The second-order valence-corrected chi connectivity index (χ2v) is 4.76. The maximum absolute atomic E-state index is 6.09. The Labute approximate surface area is 106 Å². The van der Waals surface area contributed by atoms with Crippen LogP contribution in [-0.2, 0) is 11.3 Å². The van der Waals surface area contributed by atoms with Crippen LogP contribution in [0.25, 0.3) is 0 Å². The zero-order valence-electron chi connectivity index (χ0n) is 9.40. The van der Waals surface area contributed by atoms with Crippen LogP contribution in [0.15, 0.2) is 48.5 Å². The highest BCUT2D eigenvalue weighted by Crippen LogP contribution is 2.33. The Bertz CT molecular complexity index is 522. The summed E-state index contributed by atoms with van der Waals surface area (Å²) in [5, 5.41) is 0.798. The summed E-state index contributed by atoms with van der Waals surface area (Å²) in [5.41, 5.74) is 3.83. The third kappa shape index (κ3) is 2.08. The molecule has 1 atom stereocenters. The summed E-state index contributed by atoms with van der Waals surface area (Å²) in [6.45, 7) is 1.42. The fraction of sp³-hybridized carbons (Fsp3) is 0.200. The Balaban J connectivity index is 2.08. The molecule has 0 aliphatic carbocycles. The van der Waals surface area contributed by atoms with Crippen LogP contribution in [0.4, 0.5) is 0 Å². The number of fused-ring (bicyclic) bond motifs is 1. The van der Waals surface area contributed by atoms with E-state index in [1.807, 2.05) is 12.1 Å². The van der Waals surface area contributed by atoms with Crippen molar-refractivity contribution in [2.45, 2.75) is 12.5 Å². The van der Waals surface area contributed by atoms with Crippen LogP contribution in [0.1, 0.15) is 22.6 Å². The van der Waals surface area contributed by atoms with Crippen molar-refractivity contribution in [1.29, 1.82) is 0 Å².